The molecule has 0 N–H and O–H groups in total. The van der Waals surface area contributed by atoms with Gasteiger partial charge in [0.1, 0.15) is 0 Å². The predicted octanol–water partition coefficient (Wildman–Crippen LogP) is 2.89. The van der Waals surface area contributed by atoms with E-state index < -0.39 is 0 Å². The molecule has 0 saturated carbocycles. The summed E-state index contributed by atoms with van der Waals surface area (Å²) in [6.45, 7) is 13.2. The van der Waals surface area contributed by atoms with Crippen molar-refractivity contribution >= 4 is 0 Å². The Bertz CT molecular complexity index is 160. The van der Waals surface area contributed by atoms with Crippen molar-refractivity contribution in [2.75, 3.05) is 13.1 Å². The molecule has 0 bridgehead atoms. The molecule has 1 nitrogen and oxygen atoms in total. The molecule has 0 amide bonds. The van der Waals surface area contributed by atoms with Gasteiger partial charge >= 0.3 is 0 Å². The molecule has 0 aliphatic carbocycles. The van der Waals surface area contributed by atoms with E-state index in [1.54, 1.807) is 0 Å². The maximum atomic E-state index is 4.00. The van der Waals surface area contributed by atoms with Crippen molar-refractivity contribution in [3.63, 3.8) is 0 Å². The Labute approximate surface area is 76.5 Å². The molecule has 0 aromatic heterocycles. The van der Waals surface area contributed by atoms with E-state index in [-0.39, 0.29) is 0 Å². The first-order valence-electron chi connectivity index (χ1n) is 5.01. The molecule has 1 saturated heterocycles. The van der Waals surface area contributed by atoms with Crippen molar-refractivity contribution in [2.45, 2.75) is 33.6 Å². The number of hydrogen-bond acceptors (Lipinski definition) is 1. The molecular formula is C11H21N. The van der Waals surface area contributed by atoms with Gasteiger partial charge in [-0.05, 0) is 31.6 Å². The van der Waals surface area contributed by atoms with Gasteiger partial charge in [0.05, 0.1) is 0 Å². The van der Waals surface area contributed by atoms with E-state index in [2.05, 4.69) is 32.3 Å². The normalized spacial score (nSPS) is 24.7. The molecule has 0 radical (unpaired) electrons. The monoisotopic (exact) mass is 167 g/mol. The van der Waals surface area contributed by atoms with E-state index in [0.29, 0.717) is 0 Å². The van der Waals surface area contributed by atoms with Gasteiger partial charge in [0.25, 0.3) is 0 Å². The second-order valence-corrected chi connectivity index (χ2v) is 4.33. The van der Waals surface area contributed by atoms with E-state index in [1.165, 1.54) is 31.6 Å². The smallest absolute Gasteiger partial charge is 0.0205 e. The number of rotatable bonds is 2. The highest BCUT2D eigenvalue weighted by atomic mass is 15.1. The van der Waals surface area contributed by atoms with Gasteiger partial charge in [-0.1, -0.05) is 20.4 Å². The quantitative estimate of drug-likeness (QED) is 0.611. The maximum absolute atomic E-state index is 4.00. The summed E-state index contributed by atoms with van der Waals surface area (Å²) < 4.78 is 0. The summed E-state index contributed by atoms with van der Waals surface area (Å²) in [4.78, 5) is 2.42. The minimum absolute atomic E-state index is 0.826. The zero-order valence-corrected chi connectivity index (χ0v) is 8.64. The zero-order valence-electron chi connectivity index (χ0n) is 8.64. The Hall–Kier alpha value is -0.460. The second-order valence-electron chi connectivity index (χ2n) is 4.33. The van der Waals surface area contributed by atoms with Crippen molar-refractivity contribution in [1.82, 2.24) is 4.90 Å². The van der Waals surface area contributed by atoms with Crippen LogP contribution < -0.4 is 0 Å². The van der Waals surface area contributed by atoms with Gasteiger partial charge in [0.15, 0.2) is 0 Å². The summed E-state index contributed by atoms with van der Waals surface area (Å²) in [5.41, 5.74) is 1.24. The van der Waals surface area contributed by atoms with E-state index in [9.17, 15) is 0 Å². The fourth-order valence-corrected chi connectivity index (χ4v) is 1.90. The van der Waals surface area contributed by atoms with Crippen molar-refractivity contribution in [1.29, 1.82) is 0 Å². The fraction of sp³-hybridized carbons (Fsp3) is 0.818. The van der Waals surface area contributed by atoms with Crippen LogP contribution in [0.3, 0.4) is 0 Å². The van der Waals surface area contributed by atoms with E-state index in [4.69, 9.17) is 0 Å². The molecule has 1 atom stereocenters. The average molecular weight is 167 g/mol. The summed E-state index contributed by atoms with van der Waals surface area (Å²) >= 11 is 0. The molecule has 1 fully saturated rings. The molecule has 0 spiro atoms. The lowest BCUT2D eigenvalue weighted by molar-refractivity contribution is 0.180. The van der Waals surface area contributed by atoms with E-state index >= 15 is 0 Å². The summed E-state index contributed by atoms with van der Waals surface area (Å²) in [6.07, 6.45) is 2.75. The average Bonchev–Trinajstić information content (AvgIpc) is 2.04. The van der Waals surface area contributed by atoms with Crippen LogP contribution in [0.25, 0.3) is 0 Å². The van der Waals surface area contributed by atoms with Crippen molar-refractivity contribution in [3.8, 4) is 0 Å². The number of allylic oxidation sites excluding steroid dienone is 1. The highest BCUT2D eigenvalue weighted by Crippen LogP contribution is 2.24. The highest BCUT2D eigenvalue weighted by molar-refractivity contribution is 4.92. The third kappa shape index (κ3) is 2.26. The minimum atomic E-state index is 0.826. The lowest BCUT2D eigenvalue weighted by Gasteiger charge is -2.36. The molecule has 0 unspecified atom stereocenters. The van der Waals surface area contributed by atoms with Gasteiger partial charge in [-0.15, -0.1) is 0 Å². The molecule has 0 aromatic rings. The van der Waals surface area contributed by atoms with E-state index in [1.807, 2.05) is 0 Å². The molecule has 1 aliphatic rings. The van der Waals surface area contributed by atoms with Crippen LogP contribution in [-0.4, -0.2) is 18.0 Å². The number of hydrogen-bond donors (Lipinski definition) is 0. The third-order valence-electron chi connectivity index (χ3n) is 2.94. The third-order valence-corrected chi connectivity index (χ3v) is 2.94. The molecule has 0 aromatic carbocycles. The lowest BCUT2D eigenvalue weighted by Crippen LogP contribution is -2.35. The summed E-state index contributed by atoms with van der Waals surface area (Å²) in [5, 5.41) is 0. The van der Waals surface area contributed by atoms with Crippen molar-refractivity contribution in [3.05, 3.63) is 12.3 Å². The van der Waals surface area contributed by atoms with Gasteiger partial charge in [-0.3, -0.25) is 0 Å². The summed E-state index contributed by atoms with van der Waals surface area (Å²) in [5.74, 6) is 1.71. The van der Waals surface area contributed by atoms with Gasteiger partial charge in [0, 0.05) is 18.8 Å². The van der Waals surface area contributed by atoms with Crippen LogP contribution in [0.2, 0.25) is 0 Å². The zero-order chi connectivity index (χ0) is 9.14. The Balaban J connectivity index is 2.46. The maximum Gasteiger partial charge on any atom is 0.0205 e. The molecule has 1 heterocycles. The fourth-order valence-electron chi connectivity index (χ4n) is 1.90. The SMILES string of the molecule is C=C(C)N1CCC[C@@H](C(C)C)C1. The van der Waals surface area contributed by atoms with Crippen LogP contribution in [0.15, 0.2) is 12.3 Å². The molecular weight excluding hydrogens is 146 g/mol. The summed E-state index contributed by atoms with van der Waals surface area (Å²) in [6, 6.07) is 0. The van der Waals surface area contributed by atoms with Crippen molar-refractivity contribution < 1.29 is 0 Å². The largest absolute Gasteiger partial charge is 0.375 e. The van der Waals surface area contributed by atoms with Crippen molar-refractivity contribution in [2.24, 2.45) is 11.8 Å². The first-order chi connectivity index (χ1) is 5.61. The van der Waals surface area contributed by atoms with Crippen LogP contribution >= 0.6 is 0 Å². The predicted molar refractivity (Wildman–Crippen MR) is 53.9 cm³/mol. The standard InChI is InChI=1S/C11H21N/c1-9(2)11-6-5-7-12(8-11)10(3)4/h9,11H,3,5-8H2,1-2,4H3/t11-/m1/s1. The highest BCUT2D eigenvalue weighted by Gasteiger charge is 2.21. The van der Waals surface area contributed by atoms with E-state index in [0.717, 1.165) is 11.8 Å². The van der Waals surface area contributed by atoms with Gasteiger partial charge in [-0.2, -0.15) is 0 Å². The second kappa shape index (κ2) is 3.97. The molecule has 70 valence electrons. The Morgan fingerprint density at radius 1 is 1.50 bits per heavy atom. The van der Waals surface area contributed by atoms with Crippen LogP contribution in [0.4, 0.5) is 0 Å². The Morgan fingerprint density at radius 2 is 2.17 bits per heavy atom. The number of nitrogens with zero attached hydrogens (tertiary/aromatic N) is 1. The van der Waals surface area contributed by atoms with Crippen LogP contribution in [-0.2, 0) is 0 Å². The van der Waals surface area contributed by atoms with Gasteiger partial charge in [0.2, 0.25) is 0 Å². The minimum Gasteiger partial charge on any atom is -0.375 e. The van der Waals surface area contributed by atoms with Gasteiger partial charge in [-0.25, -0.2) is 0 Å². The molecule has 12 heavy (non-hydrogen) atoms. The van der Waals surface area contributed by atoms with Gasteiger partial charge < -0.3 is 4.90 Å². The van der Waals surface area contributed by atoms with Crippen LogP contribution in [0, 0.1) is 11.8 Å². The topological polar surface area (TPSA) is 3.24 Å². The number of piperidine rings is 1. The Kier molecular flexibility index (Phi) is 3.19. The van der Waals surface area contributed by atoms with Crippen LogP contribution in [0.5, 0.6) is 0 Å². The number of likely N-dealkylation sites (tertiary alicyclic amines) is 1. The first-order valence-corrected chi connectivity index (χ1v) is 5.01. The molecule has 1 aliphatic heterocycles. The van der Waals surface area contributed by atoms with Crippen LogP contribution in [0.1, 0.15) is 33.6 Å². The Morgan fingerprint density at radius 3 is 2.67 bits per heavy atom. The molecule has 1 heteroatoms. The first kappa shape index (κ1) is 9.63. The molecule has 1 rings (SSSR count). The summed E-state index contributed by atoms with van der Waals surface area (Å²) in [7, 11) is 0. The lowest BCUT2D eigenvalue weighted by atomic mass is 9.88.